The third kappa shape index (κ3) is 2.95. The first-order chi connectivity index (χ1) is 9.39. The van der Waals surface area contributed by atoms with Crippen molar-refractivity contribution in [3.8, 4) is 0 Å². The minimum Gasteiger partial charge on any atom is -0.385 e. The van der Waals surface area contributed by atoms with E-state index in [1.807, 2.05) is 6.92 Å². The molecule has 7 heteroatoms. The van der Waals surface area contributed by atoms with Gasteiger partial charge in [0.05, 0.1) is 11.8 Å². The Hall–Kier alpha value is -1.15. The van der Waals surface area contributed by atoms with E-state index in [0.717, 1.165) is 0 Å². The van der Waals surface area contributed by atoms with Gasteiger partial charge in [0, 0.05) is 19.6 Å². The maximum Gasteiger partial charge on any atom is 0.242 e. The smallest absolute Gasteiger partial charge is 0.242 e. The molecule has 1 aliphatic rings. The Morgan fingerprint density at radius 3 is 2.75 bits per heavy atom. The fraction of sp³-hybridized carbons (Fsp3) is 0.538. The predicted molar refractivity (Wildman–Crippen MR) is 76.2 cm³/mol. The number of hydrogen-bond acceptors (Lipinski definition) is 5. The molecule has 0 saturated carbocycles. The van der Waals surface area contributed by atoms with Crippen LogP contribution in [0.4, 0.5) is 5.69 Å². The van der Waals surface area contributed by atoms with Crippen molar-refractivity contribution >= 4 is 15.7 Å². The zero-order valence-corrected chi connectivity index (χ0v) is 12.4. The first-order valence-corrected chi connectivity index (χ1v) is 7.98. The van der Waals surface area contributed by atoms with E-state index in [1.54, 1.807) is 18.2 Å². The number of aliphatic hydroxyl groups is 1. The summed E-state index contributed by atoms with van der Waals surface area (Å²) in [5.74, 6) is 0. The maximum atomic E-state index is 11.9. The van der Waals surface area contributed by atoms with Crippen molar-refractivity contribution in [2.45, 2.75) is 29.9 Å². The fourth-order valence-corrected chi connectivity index (χ4v) is 3.12. The molecule has 2 rings (SSSR count). The lowest BCUT2D eigenvalue weighted by atomic mass is 9.96. The molecule has 112 valence electrons. The molecule has 2 unspecified atom stereocenters. The lowest BCUT2D eigenvalue weighted by molar-refractivity contribution is -0.0176. The van der Waals surface area contributed by atoms with Crippen LogP contribution in [-0.4, -0.2) is 45.4 Å². The number of hydrogen-bond donors (Lipinski definition) is 3. The highest BCUT2D eigenvalue weighted by molar-refractivity contribution is 7.89. The number of para-hydroxylation sites is 1. The van der Waals surface area contributed by atoms with Gasteiger partial charge in [0.25, 0.3) is 0 Å². The van der Waals surface area contributed by atoms with E-state index in [-0.39, 0.29) is 17.5 Å². The zero-order chi connectivity index (χ0) is 14.8. The highest BCUT2D eigenvalue weighted by Crippen LogP contribution is 2.27. The van der Waals surface area contributed by atoms with E-state index in [2.05, 4.69) is 10.0 Å². The highest BCUT2D eigenvalue weighted by atomic mass is 32.2. The van der Waals surface area contributed by atoms with Gasteiger partial charge in [-0.3, -0.25) is 0 Å². The van der Waals surface area contributed by atoms with Gasteiger partial charge in [-0.1, -0.05) is 12.1 Å². The van der Waals surface area contributed by atoms with Crippen molar-refractivity contribution in [1.29, 1.82) is 0 Å². The first-order valence-electron chi connectivity index (χ1n) is 6.49. The van der Waals surface area contributed by atoms with Crippen molar-refractivity contribution in [1.82, 2.24) is 4.72 Å². The molecule has 1 fully saturated rings. The summed E-state index contributed by atoms with van der Waals surface area (Å²) in [7, 11) is -2.17. The van der Waals surface area contributed by atoms with Crippen LogP contribution >= 0.6 is 0 Å². The quantitative estimate of drug-likeness (QED) is 0.739. The second-order valence-corrected chi connectivity index (χ2v) is 6.78. The second-order valence-electron chi connectivity index (χ2n) is 4.92. The van der Waals surface area contributed by atoms with Gasteiger partial charge in [0.15, 0.2) is 0 Å². The van der Waals surface area contributed by atoms with Crippen LogP contribution in [-0.2, 0) is 14.8 Å². The number of rotatable bonds is 5. The van der Waals surface area contributed by atoms with Crippen LogP contribution in [0.25, 0.3) is 0 Å². The summed E-state index contributed by atoms with van der Waals surface area (Å²) in [4.78, 5) is 0.165. The maximum absolute atomic E-state index is 11.9. The summed E-state index contributed by atoms with van der Waals surface area (Å²) >= 11 is 0. The zero-order valence-electron chi connectivity index (χ0n) is 11.6. The minimum absolute atomic E-state index is 0.165. The molecule has 0 spiro atoms. The number of anilines is 1. The molecule has 3 N–H and O–H groups in total. The molecule has 6 nitrogen and oxygen atoms in total. The molecule has 20 heavy (non-hydrogen) atoms. The van der Waals surface area contributed by atoms with Gasteiger partial charge in [-0.2, -0.15) is 0 Å². The number of sulfonamides is 1. The lowest BCUT2D eigenvalue weighted by Gasteiger charge is -2.27. The van der Waals surface area contributed by atoms with Crippen molar-refractivity contribution in [2.75, 3.05) is 25.5 Å². The highest BCUT2D eigenvalue weighted by Gasteiger charge is 2.39. The summed E-state index contributed by atoms with van der Waals surface area (Å²) in [5, 5.41) is 13.4. The molecule has 1 heterocycles. The fourth-order valence-electron chi connectivity index (χ4n) is 2.21. The van der Waals surface area contributed by atoms with Gasteiger partial charge >= 0.3 is 0 Å². The predicted octanol–water partition coefficient (Wildman–Crippen LogP) is 0.546. The van der Waals surface area contributed by atoms with E-state index in [1.165, 1.54) is 13.1 Å². The number of benzene rings is 1. The molecule has 0 radical (unpaired) electrons. The lowest BCUT2D eigenvalue weighted by Crippen LogP contribution is -2.43. The Kier molecular flexibility index (Phi) is 4.33. The average molecular weight is 300 g/mol. The average Bonchev–Trinajstić information content (AvgIpc) is 2.77. The van der Waals surface area contributed by atoms with Crippen molar-refractivity contribution in [3.05, 3.63) is 24.3 Å². The Morgan fingerprint density at radius 2 is 2.15 bits per heavy atom. The Labute approximate surface area is 119 Å². The normalized spacial score (nSPS) is 26.6. The van der Waals surface area contributed by atoms with Gasteiger partial charge in [0.1, 0.15) is 10.5 Å². The van der Waals surface area contributed by atoms with E-state index in [9.17, 15) is 13.5 Å². The molecule has 0 aromatic heterocycles. The first kappa shape index (κ1) is 15.2. The van der Waals surface area contributed by atoms with Gasteiger partial charge in [-0.25, -0.2) is 13.1 Å². The molecule has 1 saturated heterocycles. The second kappa shape index (κ2) is 5.69. The number of ether oxygens (including phenoxy) is 1. The van der Waals surface area contributed by atoms with Crippen LogP contribution in [0.1, 0.15) is 13.3 Å². The van der Waals surface area contributed by atoms with Gasteiger partial charge in [0.2, 0.25) is 10.0 Å². The molecule has 1 aromatic carbocycles. The molecule has 1 aromatic rings. The number of nitrogens with one attached hydrogen (secondary N) is 2. The van der Waals surface area contributed by atoms with Crippen LogP contribution in [0.3, 0.4) is 0 Å². The molecule has 0 aliphatic carbocycles. The third-order valence-electron chi connectivity index (χ3n) is 3.69. The molecule has 2 atom stereocenters. The van der Waals surface area contributed by atoms with E-state index >= 15 is 0 Å². The Morgan fingerprint density at radius 1 is 1.45 bits per heavy atom. The van der Waals surface area contributed by atoms with Crippen LogP contribution in [0.2, 0.25) is 0 Å². The Balaban J connectivity index is 2.19. The van der Waals surface area contributed by atoms with E-state index in [4.69, 9.17) is 4.74 Å². The molecule has 0 bridgehead atoms. The van der Waals surface area contributed by atoms with Gasteiger partial charge in [-0.05, 0) is 26.1 Å². The van der Waals surface area contributed by atoms with Crippen molar-refractivity contribution < 1.29 is 18.3 Å². The largest absolute Gasteiger partial charge is 0.385 e. The van der Waals surface area contributed by atoms with Gasteiger partial charge in [-0.15, -0.1) is 0 Å². The van der Waals surface area contributed by atoms with E-state index in [0.29, 0.717) is 18.7 Å². The third-order valence-corrected chi connectivity index (χ3v) is 5.16. The van der Waals surface area contributed by atoms with Crippen LogP contribution in [0, 0.1) is 0 Å². The summed E-state index contributed by atoms with van der Waals surface area (Å²) in [6.07, 6.45) is 0.255. The van der Waals surface area contributed by atoms with Crippen LogP contribution in [0.5, 0.6) is 0 Å². The standard InChI is InChI=1S/C13H20N2O4S/c1-10-13(16,7-8-19-10)9-15-11-5-3-4-6-12(11)20(17,18)14-2/h3-6,10,14-16H,7-9H2,1-2H3. The van der Waals surface area contributed by atoms with Crippen LogP contribution in [0.15, 0.2) is 29.2 Å². The molecular formula is C13H20N2O4S. The minimum atomic E-state index is -3.53. The topological polar surface area (TPSA) is 87.7 Å². The van der Waals surface area contributed by atoms with Crippen molar-refractivity contribution in [3.63, 3.8) is 0 Å². The van der Waals surface area contributed by atoms with Crippen molar-refractivity contribution in [2.24, 2.45) is 0 Å². The molecular weight excluding hydrogens is 280 g/mol. The van der Waals surface area contributed by atoms with E-state index < -0.39 is 15.6 Å². The SMILES string of the molecule is CNS(=O)(=O)c1ccccc1NCC1(O)CCOC1C. The van der Waals surface area contributed by atoms with Crippen LogP contribution < -0.4 is 10.0 Å². The molecule has 1 aliphatic heterocycles. The Bertz CT molecular complexity index is 575. The summed E-state index contributed by atoms with van der Waals surface area (Å²) in [6.45, 7) is 2.56. The van der Waals surface area contributed by atoms with Gasteiger partial charge < -0.3 is 15.2 Å². The summed E-state index contributed by atoms with van der Waals surface area (Å²) in [6, 6.07) is 6.60. The summed E-state index contributed by atoms with van der Waals surface area (Å²) < 4.78 is 31.5. The molecule has 0 amide bonds. The summed E-state index contributed by atoms with van der Waals surface area (Å²) in [5.41, 5.74) is -0.509. The monoisotopic (exact) mass is 300 g/mol.